The van der Waals surface area contributed by atoms with Crippen molar-refractivity contribution in [1.29, 1.82) is 0 Å². The summed E-state index contributed by atoms with van der Waals surface area (Å²) in [6.45, 7) is 0. The molecule has 15 heavy (non-hydrogen) atoms. The number of benzene rings is 1. The van der Waals surface area contributed by atoms with Gasteiger partial charge in [0.1, 0.15) is 5.82 Å². The Hall–Kier alpha value is 0.400. The maximum Gasteiger partial charge on any atom is 0.127 e. The standard InChI is InChI=1S/C11H10Br2ClF/c12-7-4-2-1-3-6-9(15)5-8(13)11(14)10(6)7/h5,7H,1-4H2. The summed E-state index contributed by atoms with van der Waals surface area (Å²) in [7, 11) is 0. The van der Waals surface area contributed by atoms with Crippen molar-refractivity contribution in [2.24, 2.45) is 0 Å². The molecular formula is C11H10Br2ClF. The first-order valence-electron chi connectivity index (χ1n) is 4.91. The van der Waals surface area contributed by atoms with Crippen LogP contribution in [-0.4, -0.2) is 0 Å². The van der Waals surface area contributed by atoms with Crippen molar-refractivity contribution in [2.75, 3.05) is 0 Å². The second kappa shape index (κ2) is 4.72. The average molecular weight is 356 g/mol. The summed E-state index contributed by atoms with van der Waals surface area (Å²) in [5, 5.41) is 0.648. The van der Waals surface area contributed by atoms with Crippen LogP contribution in [-0.2, 0) is 6.42 Å². The molecule has 1 aliphatic rings. The van der Waals surface area contributed by atoms with Gasteiger partial charge in [-0.2, -0.15) is 0 Å². The Balaban J connectivity index is 2.63. The van der Waals surface area contributed by atoms with Gasteiger partial charge in [-0.25, -0.2) is 4.39 Å². The normalized spacial score (nSPS) is 20.9. The maximum absolute atomic E-state index is 13.8. The number of hydrogen-bond donors (Lipinski definition) is 0. The van der Waals surface area contributed by atoms with E-state index in [1.807, 2.05) is 0 Å². The summed E-state index contributed by atoms with van der Waals surface area (Å²) in [6, 6.07) is 1.46. The second-order valence-electron chi connectivity index (χ2n) is 3.76. The Kier molecular flexibility index (Phi) is 3.74. The van der Waals surface area contributed by atoms with Crippen molar-refractivity contribution in [3.63, 3.8) is 0 Å². The van der Waals surface area contributed by atoms with E-state index in [1.165, 1.54) is 6.07 Å². The minimum absolute atomic E-state index is 0.146. The van der Waals surface area contributed by atoms with E-state index in [9.17, 15) is 4.39 Å². The molecule has 0 N–H and O–H groups in total. The van der Waals surface area contributed by atoms with Crippen LogP contribution in [0.1, 0.15) is 35.2 Å². The Labute approximate surface area is 110 Å². The molecule has 1 aliphatic carbocycles. The van der Waals surface area contributed by atoms with E-state index in [4.69, 9.17) is 11.6 Å². The topological polar surface area (TPSA) is 0 Å². The van der Waals surface area contributed by atoms with Gasteiger partial charge >= 0.3 is 0 Å². The minimum atomic E-state index is -0.146. The zero-order chi connectivity index (χ0) is 11.0. The monoisotopic (exact) mass is 354 g/mol. The quantitative estimate of drug-likeness (QED) is 0.331. The molecule has 2 rings (SSSR count). The summed E-state index contributed by atoms with van der Waals surface area (Å²) < 4.78 is 14.4. The molecule has 0 nitrogen and oxygen atoms in total. The second-order valence-corrected chi connectivity index (χ2v) is 6.10. The van der Waals surface area contributed by atoms with Gasteiger partial charge in [0.15, 0.2) is 0 Å². The summed E-state index contributed by atoms with van der Waals surface area (Å²) >= 11 is 13.1. The van der Waals surface area contributed by atoms with Crippen molar-refractivity contribution in [3.05, 3.63) is 32.5 Å². The summed E-state index contributed by atoms with van der Waals surface area (Å²) in [5.41, 5.74) is 1.71. The number of halogens is 4. The highest BCUT2D eigenvalue weighted by molar-refractivity contribution is 9.10. The van der Waals surface area contributed by atoms with Gasteiger partial charge in [0.05, 0.1) is 5.02 Å². The fourth-order valence-electron chi connectivity index (χ4n) is 2.00. The lowest BCUT2D eigenvalue weighted by Gasteiger charge is -2.15. The first kappa shape index (κ1) is 11.9. The Morgan fingerprint density at radius 1 is 1.40 bits per heavy atom. The Morgan fingerprint density at radius 3 is 2.87 bits per heavy atom. The van der Waals surface area contributed by atoms with Crippen LogP contribution in [0.25, 0.3) is 0 Å². The third kappa shape index (κ3) is 2.25. The molecule has 0 amide bonds. The average Bonchev–Trinajstić information content (AvgIpc) is 2.37. The van der Waals surface area contributed by atoms with Crippen LogP contribution < -0.4 is 0 Å². The zero-order valence-corrected chi connectivity index (χ0v) is 11.9. The molecule has 0 spiro atoms. The van der Waals surface area contributed by atoms with Gasteiger partial charge in [-0.05, 0) is 52.4 Å². The number of hydrogen-bond acceptors (Lipinski definition) is 0. The number of rotatable bonds is 0. The van der Waals surface area contributed by atoms with E-state index in [0.717, 1.165) is 36.8 Å². The highest BCUT2D eigenvalue weighted by Crippen LogP contribution is 2.43. The predicted molar refractivity (Wildman–Crippen MR) is 68.3 cm³/mol. The lowest BCUT2D eigenvalue weighted by Crippen LogP contribution is -1.99. The first-order valence-corrected chi connectivity index (χ1v) is 7.00. The highest BCUT2D eigenvalue weighted by Gasteiger charge is 2.23. The van der Waals surface area contributed by atoms with E-state index < -0.39 is 0 Å². The van der Waals surface area contributed by atoms with Crippen molar-refractivity contribution in [3.8, 4) is 0 Å². The van der Waals surface area contributed by atoms with Gasteiger partial charge in [-0.3, -0.25) is 0 Å². The molecule has 4 heteroatoms. The third-order valence-electron chi connectivity index (χ3n) is 2.76. The van der Waals surface area contributed by atoms with Gasteiger partial charge in [-0.1, -0.05) is 34.0 Å². The minimum Gasteiger partial charge on any atom is -0.207 e. The fourth-order valence-corrected chi connectivity index (χ4v) is 3.68. The van der Waals surface area contributed by atoms with Gasteiger partial charge in [-0.15, -0.1) is 0 Å². The Morgan fingerprint density at radius 2 is 2.13 bits per heavy atom. The molecule has 1 aromatic carbocycles. The summed E-state index contributed by atoms with van der Waals surface area (Å²) in [6.07, 6.45) is 3.95. The van der Waals surface area contributed by atoms with Crippen LogP contribution >= 0.6 is 43.5 Å². The van der Waals surface area contributed by atoms with Crippen LogP contribution in [0, 0.1) is 5.82 Å². The van der Waals surface area contributed by atoms with Crippen molar-refractivity contribution < 1.29 is 4.39 Å². The van der Waals surface area contributed by atoms with Crippen LogP contribution in [0.2, 0.25) is 5.02 Å². The lowest BCUT2D eigenvalue weighted by molar-refractivity contribution is 0.603. The van der Waals surface area contributed by atoms with Gasteiger partial charge in [0, 0.05) is 9.30 Å². The predicted octanol–water partition coefficient (Wildman–Crippen LogP) is 5.40. The highest BCUT2D eigenvalue weighted by atomic mass is 79.9. The lowest BCUT2D eigenvalue weighted by atomic mass is 10.0. The van der Waals surface area contributed by atoms with Gasteiger partial charge in [0.25, 0.3) is 0 Å². The molecule has 82 valence electrons. The molecule has 1 atom stereocenters. The van der Waals surface area contributed by atoms with Crippen molar-refractivity contribution >= 4 is 43.5 Å². The molecular weight excluding hydrogens is 346 g/mol. The van der Waals surface area contributed by atoms with Gasteiger partial charge < -0.3 is 0 Å². The molecule has 0 bridgehead atoms. The van der Waals surface area contributed by atoms with Crippen LogP contribution in [0.4, 0.5) is 4.39 Å². The SMILES string of the molecule is Fc1cc(Br)c(Cl)c2c1CCCCC2Br. The van der Waals surface area contributed by atoms with E-state index >= 15 is 0 Å². The molecule has 1 aromatic rings. The molecule has 0 aliphatic heterocycles. The van der Waals surface area contributed by atoms with Gasteiger partial charge in [0.2, 0.25) is 0 Å². The van der Waals surface area contributed by atoms with E-state index in [2.05, 4.69) is 31.9 Å². The van der Waals surface area contributed by atoms with Crippen molar-refractivity contribution in [1.82, 2.24) is 0 Å². The molecule has 0 aromatic heterocycles. The first-order chi connectivity index (χ1) is 7.11. The van der Waals surface area contributed by atoms with E-state index in [1.54, 1.807) is 0 Å². The zero-order valence-electron chi connectivity index (χ0n) is 7.99. The Bertz CT molecular complexity index is 393. The summed E-state index contributed by atoms with van der Waals surface area (Å²) in [4.78, 5) is 0.175. The smallest absolute Gasteiger partial charge is 0.127 e. The van der Waals surface area contributed by atoms with Crippen LogP contribution in [0.5, 0.6) is 0 Å². The largest absolute Gasteiger partial charge is 0.207 e. The molecule has 1 unspecified atom stereocenters. The van der Waals surface area contributed by atoms with E-state index in [-0.39, 0.29) is 10.6 Å². The molecule has 0 radical (unpaired) electrons. The molecule has 0 heterocycles. The van der Waals surface area contributed by atoms with Crippen LogP contribution in [0.15, 0.2) is 10.5 Å². The summed E-state index contributed by atoms with van der Waals surface area (Å²) in [5.74, 6) is -0.146. The molecule has 0 saturated heterocycles. The fraction of sp³-hybridized carbons (Fsp3) is 0.455. The van der Waals surface area contributed by atoms with E-state index in [0.29, 0.717) is 9.50 Å². The van der Waals surface area contributed by atoms with Crippen LogP contribution in [0.3, 0.4) is 0 Å². The maximum atomic E-state index is 13.8. The third-order valence-corrected chi connectivity index (χ3v) is 4.94. The molecule has 0 saturated carbocycles. The number of alkyl halides is 1. The number of fused-ring (bicyclic) bond motifs is 1. The van der Waals surface area contributed by atoms with Crippen molar-refractivity contribution in [2.45, 2.75) is 30.5 Å². The molecule has 0 fully saturated rings.